The molecule has 1 aliphatic heterocycles. The fraction of sp³-hybridized carbons (Fsp3) is 0.316. The van der Waals surface area contributed by atoms with E-state index in [4.69, 9.17) is 27.9 Å². The highest BCUT2D eigenvalue weighted by Crippen LogP contribution is 2.35. The van der Waals surface area contributed by atoms with Crippen molar-refractivity contribution in [2.45, 2.75) is 18.3 Å². The highest BCUT2D eigenvalue weighted by Gasteiger charge is 2.35. The van der Waals surface area contributed by atoms with Crippen molar-refractivity contribution in [1.29, 1.82) is 0 Å². The topological polar surface area (TPSA) is 58.6 Å². The summed E-state index contributed by atoms with van der Waals surface area (Å²) in [5.74, 6) is -0.436. The zero-order valence-electron chi connectivity index (χ0n) is 13.6. The van der Waals surface area contributed by atoms with Crippen LogP contribution in [0.3, 0.4) is 0 Å². The molecular formula is C19H19Cl2NO3. The smallest absolute Gasteiger partial charge is 0.255 e. The number of benzene rings is 2. The molecule has 0 unspecified atom stereocenters. The van der Waals surface area contributed by atoms with Crippen LogP contribution >= 0.6 is 23.2 Å². The number of hydrogen-bond donors (Lipinski definition) is 2. The van der Waals surface area contributed by atoms with Gasteiger partial charge in [0, 0.05) is 35.2 Å². The molecule has 1 aliphatic rings. The van der Waals surface area contributed by atoms with E-state index >= 15 is 0 Å². The molecule has 132 valence electrons. The van der Waals surface area contributed by atoms with Gasteiger partial charge in [-0.15, -0.1) is 0 Å². The largest absolute Gasteiger partial charge is 0.507 e. The number of carbonyl (C=O) groups is 1. The summed E-state index contributed by atoms with van der Waals surface area (Å²) in [4.78, 5) is 12.5. The van der Waals surface area contributed by atoms with Crippen molar-refractivity contribution in [1.82, 2.24) is 5.32 Å². The van der Waals surface area contributed by atoms with Crippen molar-refractivity contribution in [3.05, 3.63) is 63.6 Å². The number of phenols is 1. The van der Waals surface area contributed by atoms with Gasteiger partial charge in [0.15, 0.2) is 0 Å². The van der Waals surface area contributed by atoms with E-state index in [-0.39, 0.29) is 22.6 Å². The Labute approximate surface area is 156 Å². The fourth-order valence-corrected chi connectivity index (χ4v) is 3.47. The summed E-state index contributed by atoms with van der Waals surface area (Å²) in [5.41, 5.74) is 1.08. The lowest BCUT2D eigenvalue weighted by Crippen LogP contribution is -2.44. The third-order valence-corrected chi connectivity index (χ3v) is 5.18. The van der Waals surface area contributed by atoms with Crippen molar-refractivity contribution < 1.29 is 14.6 Å². The van der Waals surface area contributed by atoms with E-state index in [0.717, 1.165) is 18.4 Å². The number of ether oxygens (including phenoxy) is 1. The van der Waals surface area contributed by atoms with Crippen LogP contribution in [-0.4, -0.2) is 30.8 Å². The Kier molecular flexibility index (Phi) is 5.52. The molecule has 6 heteroatoms. The average molecular weight is 380 g/mol. The minimum absolute atomic E-state index is 0.0885. The maximum Gasteiger partial charge on any atom is 0.255 e. The van der Waals surface area contributed by atoms with Gasteiger partial charge < -0.3 is 15.2 Å². The molecule has 0 radical (unpaired) electrons. The molecule has 25 heavy (non-hydrogen) atoms. The summed E-state index contributed by atoms with van der Waals surface area (Å²) in [5, 5.41) is 13.9. The van der Waals surface area contributed by atoms with Crippen LogP contribution in [-0.2, 0) is 10.2 Å². The maximum absolute atomic E-state index is 12.5. The van der Waals surface area contributed by atoms with Gasteiger partial charge in [0.2, 0.25) is 0 Å². The lowest BCUT2D eigenvalue weighted by Gasteiger charge is -2.38. The molecule has 0 aliphatic carbocycles. The zero-order valence-corrected chi connectivity index (χ0v) is 15.1. The molecule has 2 aromatic carbocycles. The Balaban J connectivity index is 1.80. The number of nitrogens with one attached hydrogen (secondary N) is 1. The first-order chi connectivity index (χ1) is 12.0. The average Bonchev–Trinajstić information content (AvgIpc) is 2.63. The van der Waals surface area contributed by atoms with Crippen LogP contribution in [0.15, 0.2) is 42.5 Å². The van der Waals surface area contributed by atoms with E-state index in [2.05, 4.69) is 5.32 Å². The van der Waals surface area contributed by atoms with Gasteiger partial charge in [-0.05, 0) is 48.7 Å². The number of phenolic OH excluding ortho intramolecular Hbond substituents is 1. The van der Waals surface area contributed by atoms with Gasteiger partial charge in [0.25, 0.3) is 5.91 Å². The van der Waals surface area contributed by atoms with Gasteiger partial charge in [-0.2, -0.15) is 0 Å². The summed E-state index contributed by atoms with van der Waals surface area (Å²) in [6.45, 7) is 1.73. The number of hydrogen-bond acceptors (Lipinski definition) is 3. The zero-order chi connectivity index (χ0) is 17.9. The summed E-state index contributed by atoms with van der Waals surface area (Å²) in [6, 6.07) is 12.1. The molecule has 2 aromatic rings. The molecule has 0 bridgehead atoms. The van der Waals surface area contributed by atoms with Gasteiger partial charge in [-0.25, -0.2) is 0 Å². The molecule has 0 aromatic heterocycles. The molecule has 2 N–H and O–H groups in total. The summed E-state index contributed by atoms with van der Waals surface area (Å²) in [6.07, 6.45) is 1.60. The Hall–Kier alpha value is -1.75. The van der Waals surface area contributed by atoms with Crippen molar-refractivity contribution in [3.63, 3.8) is 0 Å². The molecule has 0 saturated carbocycles. The Morgan fingerprint density at radius 1 is 1.08 bits per heavy atom. The SMILES string of the molecule is O=C(NCC1(c2ccc(Cl)cc2)CCOCC1)c1cc(Cl)ccc1O. The van der Waals surface area contributed by atoms with Crippen molar-refractivity contribution >= 4 is 29.1 Å². The quantitative estimate of drug-likeness (QED) is 0.837. The third-order valence-electron chi connectivity index (χ3n) is 4.70. The first-order valence-electron chi connectivity index (χ1n) is 8.11. The lowest BCUT2D eigenvalue weighted by molar-refractivity contribution is 0.0487. The molecular weight excluding hydrogens is 361 g/mol. The van der Waals surface area contributed by atoms with Gasteiger partial charge in [-0.1, -0.05) is 35.3 Å². The molecule has 1 saturated heterocycles. The molecule has 1 heterocycles. The second-order valence-corrected chi connectivity index (χ2v) is 7.12. The molecule has 0 atom stereocenters. The van der Waals surface area contributed by atoms with Gasteiger partial charge >= 0.3 is 0 Å². The first-order valence-corrected chi connectivity index (χ1v) is 8.86. The Bertz CT molecular complexity index is 756. The van der Waals surface area contributed by atoms with Crippen molar-refractivity contribution in [2.24, 2.45) is 0 Å². The third kappa shape index (κ3) is 4.09. The van der Waals surface area contributed by atoms with Crippen LogP contribution in [0.1, 0.15) is 28.8 Å². The normalized spacial score (nSPS) is 16.4. The molecule has 0 spiro atoms. The summed E-state index contributed by atoms with van der Waals surface area (Å²) < 4.78 is 5.50. The van der Waals surface area contributed by atoms with Crippen LogP contribution in [0.4, 0.5) is 0 Å². The van der Waals surface area contributed by atoms with Crippen LogP contribution < -0.4 is 5.32 Å². The molecule has 1 amide bonds. The van der Waals surface area contributed by atoms with Gasteiger partial charge in [0.05, 0.1) is 5.56 Å². The van der Waals surface area contributed by atoms with Crippen LogP contribution in [0.5, 0.6) is 5.75 Å². The predicted octanol–water partition coefficient (Wildman–Crippen LogP) is 4.18. The van der Waals surface area contributed by atoms with E-state index in [1.165, 1.54) is 12.1 Å². The number of aromatic hydroxyl groups is 1. The standard InChI is InChI=1S/C19H19Cl2NO3/c20-14-3-1-13(2-4-14)19(7-9-25-10-8-19)12-22-18(24)16-11-15(21)5-6-17(16)23/h1-6,11,23H,7-10,12H2,(H,22,24). The number of amides is 1. The monoisotopic (exact) mass is 379 g/mol. The lowest BCUT2D eigenvalue weighted by atomic mass is 9.74. The fourth-order valence-electron chi connectivity index (χ4n) is 3.17. The van der Waals surface area contributed by atoms with Gasteiger partial charge in [0.1, 0.15) is 5.75 Å². The summed E-state index contributed by atoms with van der Waals surface area (Å²) >= 11 is 11.9. The highest BCUT2D eigenvalue weighted by atomic mass is 35.5. The van der Waals surface area contributed by atoms with Crippen LogP contribution in [0.2, 0.25) is 10.0 Å². The van der Waals surface area contributed by atoms with E-state index in [9.17, 15) is 9.90 Å². The number of halogens is 2. The molecule has 3 rings (SSSR count). The van der Waals surface area contributed by atoms with Crippen LogP contribution in [0.25, 0.3) is 0 Å². The van der Waals surface area contributed by atoms with E-state index in [1.54, 1.807) is 6.07 Å². The highest BCUT2D eigenvalue weighted by molar-refractivity contribution is 6.31. The first kappa shape index (κ1) is 18.1. The van der Waals surface area contributed by atoms with Gasteiger partial charge in [-0.3, -0.25) is 4.79 Å². The van der Waals surface area contributed by atoms with Crippen LogP contribution in [0, 0.1) is 0 Å². The number of rotatable bonds is 4. The minimum Gasteiger partial charge on any atom is -0.507 e. The number of carbonyl (C=O) groups excluding carboxylic acids is 1. The second kappa shape index (κ2) is 7.65. The molecule has 1 fully saturated rings. The molecule has 4 nitrogen and oxygen atoms in total. The van der Waals surface area contributed by atoms with E-state index in [1.807, 2.05) is 24.3 Å². The van der Waals surface area contributed by atoms with Crippen molar-refractivity contribution in [2.75, 3.05) is 19.8 Å². The van der Waals surface area contributed by atoms with Crippen molar-refractivity contribution in [3.8, 4) is 5.75 Å². The van der Waals surface area contributed by atoms with E-state index in [0.29, 0.717) is 29.8 Å². The van der Waals surface area contributed by atoms with E-state index < -0.39 is 0 Å². The predicted molar refractivity (Wildman–Crippen MR) is 98.6 cm³/mol. The summed E-state index contributed by atoms with van der Waals surface area (Å²) in [7, 11) is 0. The second-order valence-electron chi connectivity index (χ2n) is 6.24. The minimum atomic E-state index is -0.347. The maximum atomic E-state index is 12.5. The Morgan fingerprint density at radius 2 is 1.72 bits per heavy atom. The Morgan fingerprint density at radius 3 is 2.40 bits per heavy atom.